The highest BCUT2D eigenvalue weighted by atomic mass is 16.4. The van der Waals surface area contributed by atoms with Crippen LogP contribution in [0.4, 0.5) is 0 Å². The average molecular weight is 489 g/mol. The Morgan fingerprint density at radius 3 is 2.23 bits per heavy atom. The molecule has 0 aliphatic heterocycles. The standard InChI is InChI=1S/C30H48O5/c1-25(2)11-13-30(24(34)35)14-12-28(5)18(19(30)15-25)7-8-22-26(3)16-20(32)23(33)27(4,17-31)21(26)9-10-29(22,28)6/h7,19-23,31-33H,8-17H2,1-6H3,(H,34,35)/t19-,20-,21+,22+,23-,26-,27+,28+,29+,30-/m0/s1. The number of aliphatic hydroxyl groups excluding tert-OH is 3. The number of carbonyl (C=O) groups is 1. The van der Waals surface area contributed by atoms with E-state index in [4.69, 9.17) is 0 Å². The molecule has 4 saturated carbocycles. The summed E-state index contributed by atoms with van der Waals surface area (Å²) in [6.07, 6.45) is 8.40. The monoisotopic (exact) mass is 488 g/mol. The molecule has 0 radical (unpaired) electrons. The molecule has 5 rings (SSSR count). The fraction of sp³-hybridized carbons (Fsp3) is 0.900. The van der Waals surface area contributed by atoms with Crippen LogP contribution in [0, 0.1) is 50.2 Å². The molecule has 0 bridgehead atoms. The number of fused-ring (bicyclic) bond motifs is 7. The molecule has 0 aromatic heterocycles. The third-order valence-corrected chi connectivity index (χ3v) is 13.2. The van der Waals surface area contributed by atoms with Gasteiger partial charge in [-0.1, -0.05) is 53.2 Å². The van der Waals surface area contributed by atoms with Gasteiger partial charge in [-0.2, -0.15) is 0 Å². The van der Waals surface area contributed by atoms with E-state index in [1.165, 1.54) is 5.57 Å². The van der Waals surface area contributed by atoms with Crippen molar-refractivity contribution in [3.63, 3.8) is 0 Å². The summed E-state index contributed by atoms with van der Waals surface area (Å²) >= 11 is 0. The SMILES string of the molecule is CC1(C)CC[C@]2(C(=O)O)CC[C@]3(C)C(=CC[C@@H]4[C@@]5(C)C[C@H](O)[C@H](O)[C@](C)(CO)[C@@H]5CC[C@]43C)[C@@H]2C1. The van der Waals surface area contributed by atoms with Crippen LogP contribution >= 0.6 is 0 Å². The van der Waals surface area contributed by atoms with E-state index in [-0.39, 0.29) is 40.1 Å². The molecular weight excluding hydrogens is 440 g/mol. The highest BCUT2D eigenvalue weighted by molar-refractivity contribution is 5.76. The minimum absolute atomic E-state index is 0.00698. The van der Waals surface area contributed by atoms with E-state index in [1.807, 2.05) is 6.92 Å². The zero-order valence-corrected chi connectivity index (χ0v) is 22.7. The van der Waals surface area contributed by atoms with E-state index < -0.39 is 29.0 Å². The summed E-state index contributed by atoms with van der Waals surface area (Å²) in [6, 6.07) is 0. The summed E-state index contributed by atoms with van der Waals surface area (Å²) in [5.41, 5.74) is -0.0632. The third kappa shape index (κ3) is 3.07. The summed E-state index contributed by atoms with van der Waals surface area (Å²) in [7, 11) is 0. The second kappa shape index (κ2) is 7.57. The molecule has 0 saturated heterocycles. The molecule has 198 valence electrons. The van der Waals surface area contributed by atoms with Gasteiger partial charge < -0.3 is 20.4 Å². The van der Waals surface area contributed by atoms with Crippen LogP contribution in [0.15, 0.2) is 11.6 Å². The minimum atomic E-state index is -0.907. The lowest BCUT2D eigenvalue weighted by molar-refractivity contribution is -0.243. The first kappa shape index (κ1) is 25.7. The number of aliphatic hydroxyl groups is 3. The summed E-state index contributed by atoms with van der Waals surface area (Å²) < 4.78 is 0. The summed E-state index contributed by atoms with van der Waals surface area (Å²) in [5.74, 6) is -0.0472. The van der Waals surface area contributed by atoms with Crippen LogP contribution in [0.1, 0.15) is 99.3 Å². The quantitative estimate of drug-likeness (QED) is 0.402. The Morgan fingerprint density at radius 2 is 1.60 bits per heavy atom. The normalized spacial score (nSPS) is 55.0. The van der Waals surface area contributed by atoms with Gasteiger partial charge in [0.2, 0.25) is 0 Å². The molecule has 5 nitrogen and oxygen atoms in total. The van der Waals surface area contributed by atoms with Crippen molar-refractivity contribution in [2.45, 2.75) is 112 Å². The maximum absolute atomic E-state index is 12.8. The number of hydrogen-bond donors (Lipinski definition) is 4. The van der Waals surface area contributed by atoms with Gasteiger partial charge in [0.25, 0.3) is 0 Å². The smallest absolute Gasteiger partial charge is 0.310 e. The molecule has 0 unspecified atom stereocenters. The van der Waals surface area contributed by atoms with Gasteiger partial charge in [0.05, 0.1) is 24.2 Å². The molecule has 4 fully saturated rings. The first-order valence-corrected chi connectivity index (χ1v) is 14.0. The van der Waals surface area contributed by atoms with E-state index in [1.54, 1.807) is 0 Å². The average Bonchev–Trinajstić information content (AvgIpc) is 2.77. The summed E-state index contributed by atoms with van der Waals surface area (Å²) in [6.45, 7) is 13.6. The predicted octanol–water partition coefficient (Wildman–Crippen LogP) is 5.18. The molecule has 5 heteroatoms. The third-order valence-electron chi connectivity index (χ3n) is 13.2. The fourth-order valence-electron chi connectivity index (χ4n) is 10.8. The lowest BCUT2D eigenvalue weighted by atomic mass is 9.33. The fourth-order valence-corrected chi connectivity index (χ4v) is 10.8. The molecule has 4 N–H and O–H groups in total. The van der Waals surface area contributed by atoms with Crippen LogP contribution in [-0.2, 0) is 4.79 Å². The lowest BCUT2D eigenvalue weighted by Crippen LogP contribution is -2.68. The van der Waals surface area contributed by atoms with Crippen molar-refractivity contribution in [3.05, 3.63) is 11.6 Å². The van der Waals surface area contributed by atoms with Gasteiger partial charge in [0, 0.05) is 5.41 Å². The maximum atomic E-state index is 12.8. The van der Waals surface area contributed by atoms with Gasteiger partial charge in [-0.05, 0) is 97.2 Å². The Morgan fingerprint density at radius 1 is 0.943 bits per heavy atom. The number of carboxylic acids is 1. The van der Waals surface area contributed by atoms with Crippen molar-refractivity contribution in [3.8, 4) is 0 Å². The molecular formula is C30H48O5. The van der Waals surface area contributed by atoms with Crippen LogP contribution < -0.4 is 0 Å². The largest absolute Gasteiger partial charge is 0.481 e. The van der Waals surface area contributed by atoms with Crippen LogP contribution in [0.3, 0.4) is 0 Å². The van der Waals surface area contributed by atoms with Crippen LogP contribution in [0.5, 0.6) is 0 Å². The van der Waals surface area contributed by atoms with Crippen molar-refractivity contribution < 1.29 is 25.2 Å². The molecule has 35 heavy (non-hydrogen) atoms. The van der Waals surface area contributed by atoms with Crippen molar-refractivity contribution >= 4 is 5.97 Å². The van der Waals surface area contributed by atoms with Crippen LogP contribution in [-0.4, -0.2) is 45.2 Å². The van der Waals surface area contributed by atoms with E-state index in [0.717, 1.165) is 51.4 Å². The first-order valence-electron chi connectivity index (χ1n) is 14.0. The van der Waals surface area contributed by atoms with E-state index in [0.29, 0.717) is 12.3 Å². The Labute approximate surface area is 211 Å². The van der Waals surface area contributed by atoms with Crippen molar-refractivity contribution in [2.24, 2.45) is 50.2 Å². The molecule has 10 atom stereocenters. The maximum Gasteiger partial charge on any atom is 0.310 e. The lowest BCUT2D eigenvalue weighted by Gasteiger charge is -2.71. The van der Waals surface area contributed by atoms with Gasteiger partial charge >= 0.3 is 5.97 Å². The predicted molar refractivity (Wildman–Crippen MR) is 135 cm³/mol. The second-order valence-electron chi connectivity index (χ2n) is 15.1. The molecule has 0 amide bonds. The summed E-state index contributed by atoms with van der Waals surface area (Å²) in [5, 5.41) is 42.8. The number of carboxylic acid groups (broad SMARTS) is 1. The molecule has 0 aromatic rings. The topological polar surface area (TPSA) is 98.0 Å². The molecule has 5 aliphatic rings. The van der Waals surface area contributed by atoms with E-state index in [9.17, 15) is 25.2 Å². The van der Waals surface area contributed by atoms with Gasteiger partial charge in [0.1, 0.15) is 0 Å². The minimum Gasteiger partial charge on any atom is -0.481 e. The number of rotatable bonds is 2. The van der Waals surface area contributed by atoms with Crippen molar-refractivity contribution in [1.82, 2.24) is 0 Å². The zero-order chi connectivity index (χ0) is 25.8. The van der Waals surface area contributed by atoms with E-state index in [2.05, 4.69) is 40.7 Å². The van der Waals surface area contributed by atoms with Gasteiger partial charge in [0.15, 0.2) is 0 Å². The Kier molecular flexibility index (Phi) is 5.56. The Bertz CT molecular complexity index is 941. The summed E-state index contributed by atoms with van der Waals surface area (Å²) in [4.78, 5) is 12.8. The van der Waals surface area contributed by atoms with Gasteiger partial charge in [-0.3, -0.25) is 4.79 Å². The van der Waals surface area contributed by atoms with Gasteiger partial charge in [-0.15, -0.1) is 0 Å². The van der Waals surface area contributed by atoms with Crippen molar-refractivity contribution in [1.29, 1.82) is 0 Å². The highest BCUT2D eigenvalue weighted by Crippen LogP contribution is 2.75. The highest BCUT2D eigenvalue weighted by Gasteiger charge is 2.70. The van der Waals surface area contributed by atoms with E-state index >= 15 is 0 Å². The van der Waals surface area contributed by atoms with Crippen LogP contribution in [0.2, 0.25) is 0 Å². The molecule has 0 aromatic carbocycles. The van der Waals surface area contributed by atoms with Gasteiger partial charge in [-0.25, -0.2) is 0 Å². The Hall–Kier alpha value is -0.910. The van der Waals surface area contributed by atoms with Crippen molar-refractivity contribution in [2.75, 3.05) is 6.61 Å². The number of hydrogen-bond acceptors (Lipinski definition) is 4. The second-order valence-corrected chi connectivity index (χ2v) is 15.1. The van der Waals surface area contributed by atoms with Crippen LogP contribution in [0.25, 0.3) is 0 Å². The zero-order valence-electron chi connectivity index (χ0n) is 22.7. The number of aliphatic carboxylic acids is 1. The Balaban J connectivity index is 1.61. The number of allylic oxidation sites excluding steroid dienone is 2. The first-order chi connectivity index (χ1) is 16.1. The molecule has 0 spiro atoms. The molecule has 5 aliphatic carbocycles. The molecule has 0 heterocycles.